The number of aliphatic carboxylic acids is 2. The fourth-order valence-electron chi connectivity index (χ4n) is 4.83. The maximum atomic E-state index is 14.7. The molecule has 0 saturated carbocycles. The van der Waals surface area contributed by atoms with Gasteiger partial charge in [-0.1, -0.05) is 60.7 Å². The van der Waals surface area contributed by atoms with Gasteiger partial charge in [-0.3, -0.25) is 0 Å². The molecule has 0 aliphatic carbocycles. The van der Waals surface area contributed by atoms with E-state index in [9.17, 15) is 29.7 Å². The highest BCUT2D eigenvalue weighted by molar-refractivity contribution is 5.86. The molecular weight excluding hydrogens is 472 g/mol. The fourth-order valence-corrected chi connectivity index (χ4v) is 4.83. The van der Waals surface area contributed by atoms with Crippen LogP contribution in [0, 0.1) is 0 Å². The smallest absolute Gasteiger partial charge is 0.363 e. The van der Waals surface area contributed by atoms with E-state index < -0.39 is 40.8 Å². The molecule has 8 nitrogen and oxygen atoms in total. The Balaban J connectivity index is 2.26. The van der Waals surface area contributed by atoms with Gasteiger partial charge in [0.15, 0.2) is 6.04 Å². The quantitative estimate of drug-likeness (QED) is 0.240. The van der Waals surface area contributed by atoms with Crippen molar-refractivity contribution in [2.75, 3.05) is 13.1 Å². The molecule has 194 valence electrons. The number of nitrogens with zero attached hydrogens (tertiary/aromatic N) is 1. The molecular formula is C29H32N2O6. The fraction of sp³-hybridized carbons (Fsp3) is 0.276. The molecule has 3 aromatic carbocycles. The number of phenols is 1. The van der Waals surface area contributed by atoms with Crippen molar-refractivity contribution in [3.05, 3.63) is 102 Å². The Labute approximate surface area is 216 Å². The number of unbranched alkanes of at least 4 members (excludes halogenated alkanes) is 1. The summed E-state index contributed by atoms with van der Waals surface area (Å²) in [5.74, 6) is -4.29. The first-order valence-corrected chi connectivity index (χ1v) is 12.2. The summed E-state index contributed by atoms with van der Waals surface area (Å²) >= 11 is 0. The van der Waals surface area contributed by atoms with Gasteiger partial charge in [0.2, 0.25) is 0 Å². The second-order valence-corrected chi connectivity index (χ2v) is 9.12. The zero-order valence-electron chi connectivity index (χ0n) is 20.5. The molecule has 37 heavy (non-hydrogen) atoms. The first-order chi connectivity index (χ1) is 17.8. The first kappa shape index (κ1) is 27.6. The number of carboxylic acid groups (broad SMARTS) is 2. The minimum atomic E-state index is -1.53. The van der Waals surface area contributed by atoms with Gasteiger partial charge in [-0.05, 0) is 54.8 Å². The highest BCUT2D eigenvalue weighted by Gasteiger charge is 2.51. The van der Waals surface area contributed by atoms with Crippen molar-refractivity contribution < 1.29 is 34.2 Å². The van der Waals surface area contributed by atoms with Gasteiger partial charge < -0.3 is 25.8 Å². The maximum absolute atomic E-state index is 14.7. The molecule has 1 unspecified atom stereocenters. The van der Waals surface area contributed by atoms with Crippen molar-refractivity contribution >= 4 is 17.8 Å². The van der Waals surface area contributed by atoms with Gasteiger partial charge in [-0.2, -0.15) is 0 Å². The predicted molar refractivity (Wildman–Crippen MR) is 136 cm³/mol. The Hall–Kier alpha value is -4.01. The predicted octanol–water partition coefficient (Wildman–Crippen LogP) is 2.40. The number of benzene rings is 3. The third kappa shape index (κ3) is 6.81. The lowest BCUT2D eigenvalue weighted by Crippen LogP contribution is -2.66. The molecule has 0 heterocycles. The molecule has 0 bridgehead atoms. The van der Waals surface area contributed by atoms with Gasteiger partial charge in [0.25, 0.3) is 0 Å². The molecule has 8 heteroatoms. The lowest BCUT2D eigenvalue weighted by Gasteiger charge is -2.43. The Morgan fingerprint density at radius 2 is 1.38 bits per heavy atom. The zero-order valence-corrected chi connectivity index (χ0v) is 20.5. The molecule has 4 N–H and O–H groups in total. The van der Waals surface area contributed by atoms with Crippen LogP contribution in [0.15, 0.2) is 84.9 Å². The molecule has 2 atom stereocenters. The second-order valence-electron chi connectivity index (χ2n) is 9.12. The van der Waals surface area contributed by atoms with Gasteiger partial charge in [-0.15, -0.1) is 0 Å². The monoisotopic (exact) mass is 504 g/mol. The number of hydrogen-bond donors (Lipinski definition) is 3. The lowest BCUT2D eigenvalue weighted by atomic mass is 9.87. The number of quaternary nitrogens is 1. The SMILES string of the molecule is NCCCC[C@@H](C(=O)O)[N+](CC(=O)[O-])(Cc1ccc(O)cc1)C(=O)C(c1ccccc1)c1ccccc1. The van der Waals surface area contributed by atoms with Crippen LogP contribution in [0.1, 0.15) is 41.9 Å². The van der Waals surface area contributed by atoms with Crippen molar-refractivity contribution in [2.45, 2.75) is 37.8 Å². The lowest BCUT2D eigenvalue weighted by molar-refractivity contribution is -0.880. The number of rotatable bonds is 13. The van der Waals surface area contributed by atoms with Gasteiger partial charge in [0, 0.05) is 12.0 Å². The Kier molecular flexibility index (Phi) is 9.54. The van der Waals surface area contributed by atoms with Crippen LogP contribution in [-0.2, 0) is 20.9 Å². The highest BCUT2D eigenvalue weighted by atomic mass is 16.4. The molecule has 0 fully saturated rings. The number of carboxylic acids is 2. The van der Waals surface area contributed by atoms with Crippen LogP contribution in [-0.4, -0.2) is 51.7 Å². The molecule has 0 aromatic heterocycles. The Morgan fingerprint density at radius 3 is 1.84 bits per heavy atom. The van der Waals surface area contributed by atoms with Gasteiger partial charge in [0.1, 0.15) is 24.8 Å². The van der Waals surface area contributed by atoms with E-state index >= 15 is 0 Å². The standard InChI is InChI=1S/C29H32N2O6/c30-18-8-7-13-25(29(36)37)31(20-26(33)34,19-21-14-16-24(32)17-15-21)28(35)27(22-9-3-1-4-10-22)23-11-5-2-6-12-23/h1-6,9-12,14-17,25,27H,7-8,13,18-20,30H2,(H2-,32,33,34,36,37)/t25-,31?/m0/s1. The summed E-state index contributed by atoms with van der Waals surface area (Å²) in [6, 6.07) is 22.4. The van der Waals surface area contributed by atoms with Crippen LogP contribution in [0.25, 0.3) is 0 Å². The van der Waals surface area contributed by atoms with Crippen LogP contribution >= 0.6 is 0 Å². The van der Waals surface area contributed by atoms with E-state index in [4.69, 9.17) is 5.73 Å². The number of carbonyl (C=O) groups is 3. The van der Waals surface area contributed by atoms with Crippen molar-refractivity contribution in [3.63, 3.8) is 0 Å². The first-order valence-electron chi connectivity index (χ1n) is 12.2. The summed E-state index contributed by atoms with van der Waals surface area (Å²) in [7, 11) is 0. The molecule has 0 saturated heterocycles. The van der Waals surface area contributed by atoms with E-state index in [0.717, 1.165) is 0 Å². The summed E-state index contributed by atoms with van der Waals surface area (Å²) < 4.78 is -0.887. The molecule has 0 radical (unpaired) electrons. The number of phenolic OH excluding ortho intramolecular Hbond substituents is 1. The topological polar surface area (TPSA) is 141 Å². The summed E-state index contributed by atoms with van der Waals surface area (Å²) in [6.45, 7) is -0.687. The summed E-state index contributed by atoms with van der Waals surface area (Å²) in [5.41, 5.74) is 7.39. The molecule has 0 aliphatic heterocycles. The Morgan fingerprint density at radius 1 is 0.838 bits per heavy atom. The molecule has 0 spiro atoms. The average Bonchev–Trinajstić information content (AvgIpc) is 2.88. The van der Waals surface area contributed by atoms with Gasteiger partial charge in [-0.25, -0.2) is 14.1 Å². The van der Waals surface area contributed by atoms with Crippen molar-refractivity contribution in [2.24, 2.45) is 5.73 Å². The molecule has 3 aromatic rings. The molecule has 0 aliphatic rings. The van der Waals surface area contributed by atoms with E-state index in [-0.39, 0.29) is 18.7 Å². The van der Waals surface area contributed by atoms with Gasteiger partial charge in [0.05, 0.1) is 5.97 Å². The van der Waals surface area contributed by atoms with Crippen LogP contribution in [0.2, 0.25) is 0 Å². The van der Waals surface area contributed by atoms with Crippen molar-refractivity contribution in [3.8, 4) is 5.75 Å². The van der Waals surface area contributed by atoms with Gasteiger partial charge >= 0.3 is 11.9 Å². The third-order valence-electron chi connectivity index (χ3n) is 6.58. The summed E-state index contributed by atoms with van der Waals surface area (Å²) in [6.07, 6.45) is 0.994. The minimum Gasteiger partial charge on any atom is -0.544 e. The second kappa shape index (κ2) is 12.8. The van der Waals surface area contributed by atoms with E-state index in [1.807, 2.05) is 12.1 Å². The number of carbonyl (C=O) groups excluding carboxylic acids is 2. The maximum Gasteiger partial charge on any atom is 0.363 e. The van der Waals surface area contributed by atoms with Crippen molar-refractivity contribution in [1.29, 1.82) is 0 Å². The van der Waals surface area contributed by atoms with Crippen LogP contribution in [0.3, 0.4) is 0 Å². The number of aromatic hydroxyl groups is 1. The summed E-state index contributed by atoms with van der Waals surface area (Å²) in [5, 5.41) is 32.3. The van der Waals surface area contributed by atoms with Crippen LogP contribution in [0.4, 0.5) is 0 Å². The third-order valence-corrected chi connectivity index (χ3v) is 6.58. The normalized spacial score (nSPS) is 13.6. The Bertz CT molecular complexity index is 1140. The minimum absolute atomic E-state index is 0.00254. The van der Waals surface area contributed by atoms with Crippen LogP contribution in [0.5, 0.6) is 5.75 Å². The largest absolute Gasteiger partial charge is 0.544 e. The van der Waals surface area contributed by atoms with E-state index in [1.54, 1.807) is 60.7 Å². The van der Waals surface area contributed by atoms with E-state index in [1.165, 1.54) is 12.1 Å². The van der Waals surface area contributed by atoms with E-state index in [2.05, 4.69) is 0 Å². The molecule has 1 amide bonds. The number of nitrogens with two attached hydrogens (primary N) is 1. The average molecular weight is 505 g/mol. The van der Waals surface area contributed by atoms with E-state index in [0.29, 0.717) is 36.1 Å². The number of hydrogen-bond acceptors (Lipinski definition) is 6. The summed E-state index contributed by atoms with van der Waals surface area (Å²) in [4.78, 5) is 39.6. The number of amides is 1. The highest BCUT2D eigenvalue weighted by Crippen LogP contribution is 2.35. The van der Waals surface area contributed by atoms with Crippen molar-refractivity contribution in [1.82, 2.24) is 0 Å². The van der Waals surface area contributed by atoms with Crippen LogP contribution < -0.4 is 10.8 Å². The zero-order chi connectivity index (χ0) is 26.8. The molecule has 3 rings (SSSR count).